The number of ether oxygens (including phenoxy) is 1. The summed E-state index contributed by atoms with van der Waals surface area (Å²) in [6.07, 6.45) is 2.09. The average Bonchev–Trinajstić information content (AvgIpc) is 3.05. The van der Waals surface area contributed by atoms with Crippen LogP contribution < -0.4 is 10.1 Å². The molecule has 0 spiro atoms. The summed E-state index contributed by atoms with van der Waals surface area (Å²) in [6, 6.07) is 8.31. The maximum atomic E-state index is 5.57. The summed E-state index contributed by atoms with van der Waals surface area (Å²) in [5.74, 6) is 2.14. The van der Waals surface area contributed by atoms with E-state index in [1.54, 1.807) is 7.11 Å². The Morgan fingerprint density at radius 3 is 2.47 bits per heavy atom. The number of nitrogens with zero attached hydrogens (tertiary/aromatic N) is 5. The van der Waals surface area contributed by atoms with E-state index in [9.17, 15) is 0 Å². The van der Waals surface area contributed by atoms with Gasteiger partial charge in [-0.15, -0.1) is 24.0 Å². The standard InChI is InChI=1S/C22H36N6O.HI/c1-16(2)21-17(15-28(7)25-21)14-27(6)22(23-3)24-13-19(26(4)5)18-11-9-10-12-20(18)29-8;/h9-12,15-16,19H,13-14H2,1-8H3,(H,23,24);1H. The number of rotatable bonds is 8. The van der Waals surface area contributed by atoms with E-state index in [1.807, 2.05) is 37.0 Å². The Balaban J connectivity index is 0.00000450. The van der Waals surface area contributed by atoms with Gasteiger partial charge in [0.15, 0.2) is 5.96 Å². The van der Waals surface area contributed by atoms with Crippen LogP contribution in [0.25, 0.3) is 0 Å². The Morgan fingerprint density at radius 1 is 1.23 bits per heavy atom. The highest BCUT2D eigenvalue weighted by atomic mass is 127. The molecule has 2 aromatic rings. The predicted molar refractivity (Wildman–Crippen MR) is 135 cm³/mol. The number of hydrogen-bond donors (Lipinski definition) is 1. The van der Waals surface area contributed by atoms with Crippen LogP contribution in [-0.2, 0) is 13.6 Å². The Kier molecular flexibility index (Phi) is 10.6. The molecule has 0 fully saturated rings. The number of benzene rings is 1. The monoisotopic (exact) mass is 528 g/mol. The quantitative estimate of drug-likeness (QED) is 0.323. The molecule has 2 rings (SSSR count). The number of halogens is 1. The Labute approximate surface area is 198 Å². The first-order valence-electron chi connectivity index (χ1n) is 10.0. The van der Waals surface area contributed by atoms with Gasteiger partial charge in [0.05, 0.1) is 18.8 Å². The maximum absolute atomic E-state index is 5.57. The van der Waals surface area contributed by atoms with E-state index in [1.165, 1.54) is 5.56 Å². The molecule has 0 aliphatic carbocycles. The molecular weight excluding hydrogens is 491 g/mol. The molecular formula is C22H37IN6O. The molecule has 0 saturated heterocycles. The summed E-state index contributed by atoms with van der Waals surface area (Å²) < 4.78 is 7.46. The van der Waals surface area contributed by atoms with Gasteiger partial charge in [-0.2, -0.15) is 5.10 Å². The second kappa shape index (κ2) is 12.1. The first-order valence-corrected chi connectivity index (χ1v) is 10.0. The highest BCUT2D eigenvalue weighted by Gasteiger charge is 2.20. The lowest BCUT2D eigenvalue weighted by molar-refractivity contribution is 0.285. The molecule has 0 aliphatic rings. The third-order valence-corrected chi connectivity index (χ3v) is 5.04. The minimum absolute atomic E-state index is 0. The van der Waals surface area contributed by atoms with Crippen LogP contribution in [0, 0.1) is 0 Å². The topological polar surface area (TPSA) is 57.9 Å². The molecule has 0 bridgehead atoms. The molecule has 30 heavy (non-hydrogen) atoms. The fraction of sp³-hybridized carbons (Fsp3) is 0.545. The van der Waals surface area contributed by atoms with Gasteiger partial charge >= 0.3 is 0 Å². The van der Waals surface area contributed by atoms with E-state index < -0.39 is 0 Å². The number of likely N-dealkylation sites (N-methyl/N-ethyl adjacent to an activating group) is 1. The number of nitrogens with one attached hydrogen (secondary N) is 1. The van der Waals surface area contributed by atoms with E-state index in [4.69, 9.17) is 4.74 Å². The predicted octanol–water partition coefficient (Wildman–Crippen LogP) is 3.48. The number of aromatic nitrogens is 2. The number of methoxy groups -OCH3 is 1. The zero-order valence-electron chi connectivity index (χ0n) is 19.5. The summed E-state index contributed by atoms with van der Waals surface area (Å²) in [7, 11) is 11.7. The lowest BCUT2D eigenvalue weighted by Crippen LogP contribution is -2.42. The van der Waals surface area contributed by atoms with Crippen LogP contribution in [0.4, 0.5) is 0 Å². The van der Waals surface area contributed by atoms with E-state index in [0.29, 0.717) is 12.5 Å². The Morgan fingerprint density at radius 2 is 1.90 bits per heavy atom. The molecule has 1 heterocycles. The molecule has 0 amide bonds. The minimum atomic E-state index is 0. The van der Waals surface area contributed by atoms with Crippen LogP contribution in [0.5, 0.6) is 5.75 Å². The highest BCUT2D eigenvalue weighted by molar-refractivity contribution is 14.0. The van der Waals surface area contributed by atoms with Crippen molar-refractivity contribution in [2.45, 2.75) is 32.4 Å². The van der Waals surface area contributed by atoms with E-state index in [-0.39, 0.29) is 30.0 Å². The maximum Gasteiger partial charge on any atom is 0.193 e. The van der Waals surface area contributed by atoms with Crippen LogP contribution in [0.15, 0.2) is 35.5 Å². The number of guanidine groups is 1. The number of aliphatic imine (C=N–C) groups is 1. The molecule has 0 radical (unpaired) electrons. The molecule has 1 aromatic carbocycles. The van der Waals surface area contributed by atoms with Crippen molar-refractivity contribution in [3.8, 4) is 5.75 Å². The number of hydrogen-bond acceptors (Lipinski definition) is 4. The van der Waals surface area contributed by atoms with Crippen LogP contribution in [-0.4, -0.2) is 67.4 Å². The van der Waals surface area contributed by atoms with Crippen molar-refractivity contribution in [2.24, 2.45) is 12.0 Å². The van der Waals surface area contributed by atoms with Crippen LogP contribution >= 0.6 is 24.0 Å². The normalized spacial score (nSPS) is 12.7. The van der Waals surface area contributed by atoms with Gasteiger partial charge < -0.3 is 19.9 Å². The number of para-hydroxylation sites is 1. The van der Waals surface area contributed by atoms with E-state index in [0.717, 1.165) is 29.5 Å². The van der Waals surface area contributed by atoms with Crippen LogP contribution in [0.1, 0.15) is 42.6 Å². The van der Waals surface area contributed by atoms with Crippen molar-refractivity contribution in [1.82, 2.24) is 24.9 Å². The zero-order chi connectivity index (χ0) is 21.6. The minimum Gasteiger partial charge on any atom is -0.496 e. The fourth-order valence-corrected chi connectivity index (χ4v) is 3.58. The summed E-state index contributed by atoms with van der Waals surface area (Å²) >= 11 is 0. The molecule has 7 nitrogen and oxygen atoms in total. The zero-order valence-corrected chi connectivity index (χ0v) is 21.8. The fourth-order valence-electron chi connectivity index (χ4n) is 3.58. The molecule has 1 aromatic heterocycles. The molecule has 0 aliphatic heterocycles. The number of aryl methyl sites for hydroxylation is 1. The molecule has 0 saturated carbocycles. The van der Waals surface area contributed by atoms with Crippen molar-refractivity contribution < 1.29 is 4.74 Å². The second-order valence-corrected chi connectivity index (χ2v) is 7.87. The lowest BCUT2D eigenvalue weighted by Gasteiger charge is -2.29. The lowest BCUT2D eigenvalue weighted by atomic mass is 10.0. The SMILES string of the molecule is CN=C(NCC(c1ccccc1OC)N(C)C)N(C)Cc1cn(C)nc1C(C)C.I. The van der Waals surface area contributed by atoms with Crippen molar-refractivity contribution in [3.05, 3.63) is 47.3 Å². The van der Waals surface area contributed by atoms with Gasteiger partial charge in [0, 0.05) is 51.6 Å². The molecule has 1 atom stereocenters. The van der Waals surface area contributed by atoms with Gasteiger partial charge in [0.25, 0.3) is 0 Å². The molecule has 1 unspecified atom stereocenters. The average molecular weight is 528 g/mol. The highest BCUT2D eigenvalue weighted by Crippen LogP contribution is 2.27. The van der Waals surface area contributed by atoms with Gasteiger partial charge in [-0.05, 0) is 26.1 Å². The summed E-state index contributed by atoms with van der Waals surface area (Å²) in [5, 5.41) is 8.14. The summed E-state index contributed by atoms with van der Waals surface area (Å²) in [5.41, 5.74) is 3.51. The van der Waals surface area contributed by atoms with Gasteiger partial charge in [0.1, 0.15) is 5.75 Å². The third kappa shape index (κ3) is 6.60. The smallest absolute Gasteiger partial charge is 0.193 e. The van der Waals surface area contributed by atoms with E-state index >= 15 is 0 Å². The van der Waals surface area contributed by atoms with Crippen LogP contribution in [0.3, 0.4) is 0 Å². The first kappa shape index (κ1) is 26.2. The summed E-state index contributed by atoms with van der Waals surface area (Å²) in [6.45, 7) is 5.82. The van der Waals surface area contributed by atoms with Gasteiger partial charge in [-0.3, -0.25) is 9.67 Å². The Hall–Kier alpha value is -1.81. The molecule has 168 valence electrons. The molecule has 1 N–H and O–H groups in total. The Bertz CT molecular complexity index is 818. The second-order valence-electron chi connectivity index (χ2n) is 7.87. The van der Waals surface area contributed by atoms with Gasteiger partial charge in [-0.1, -0.05) is 32.0 Å². The van der Waals surface area contributed by atoms with Crippen molar-refractivity contribution >= 4 is 29.9 Å². The summed E-state index contributed by atoms with van der Waals surface area (Å²) in [4.78, 5) is 8.81. The van der Waals surface area contributed by atoms with Crippen molar-refractivity contribution in [3.63, 3.8) is 0 Å². The largest absolute Gasteiger partial charge is 0.496 e. The van der Waals surface area contributed by atoms with E-state index in [2.05, 4.69) is 72.5 Å². The molecule has 8 heteroatoms. The van der Waals surface area contributed by atoms with Crippen LogP contribution in [0.2, 0.25) is 0 Å². The third-order valence-electron chi connectivity index (χ3n) is 5.04. The first-order chi connectivity index (χ1) is 13.8. The van der Waals surface area contributed by atoms with Gasteiger partial charge in [0.2, 0.25) is 0 Å². The van der Waals surface area contributed by atoms with Crippen molar-refractivity contribution in [2.75, 3.05) is 41.8 Å². The van der Waals surface area contributed by atoms with Gasteiger partial charge in [-0.25, -0.2) is 0 Å². The van der Waals surface area contributed by atoms with Crippen molar-refractivity contribution in [1.29, 1.82) is 0 Å².